The monoisotopic (exact) mass is 306 g/mol. The number of aryl methyl sites for hydroxylation is 1. The molecule has 0 aliphatic rings. The van der Waals surface area contributed by atoms with Crippen LogP contribution in [0.2, 0.25) is 0 Å². The second-order valence-corrected chi connectivity index (χ2v) is 6.92. The van der Waals surface area contributed by atoms with E-state index >= 15 is 0 Å². The highest BCUT2D eigenvalue weighted by Gasteiger charge is 2.22. The Labute approximate surface area is 131 Å². The fourth-order valence-electron chi connectivity index (χ4n) is 2.31. The SMILES string of the molecule is CCCn1cncc1C(NC(C)C)c1nc(C(C)C)cs1. The van der Waals surface area contributed by atoms with E-state index in [0.717, 1.165) is 18.0 Å². The molecule has 4 nitrogen and oxygen atoms in total. The molecule has 0 aliphatic carbocycles. The third-order valence-electron chi connectivity index (χ3n) is 3.38. The van der Waals surface area contributed by atoms with Gasteiger partial charge in [0.2, 0.25) is 0 Å². The van der Waals surface area contributed by atoms with Gasteiger partial charge in [-0.1, -0.05) is 20.8 Å². The molecule has 2 rings (SSSR count). The van der Waals surface area contributed by atoms with Gasteiger partial charge in [0.25, 0.3) is 0 Å². The number of rotatable bonds is 7. The van der Waals surface area contributed by atoms with Crippen molar-refractivity contribution in [2.45, 2.75) is 65.6 Å². The van der Waals surface area contributed by atoms with Gasteiger partial charge in [-0.25, -0.2) is 9.97 Å². The zero-order valence-electron chi connectivity index (χ0n) is 13.6. The lowest BCUT2D eigenvalue weighted by atomic mass is 10.1. The quantitative estimate of drug-likeness (QED) is 0.842. The minimum atomic E-state index is 0.122. The first-order valence-corrected chi connectivity index (χ1v) is 8.62. The average Bonchev–Trinajstić information content (AvgIpc) is 3.05. The molecule has 1 atom stereocenters. The lowest BCUT2D eigenvalue weighted by Crippen LogP contribution is -2.30. The molecule has 0 fully saturated rings. The molecule has 21 heavy (non-hydrogen) atoms. The first kappa shape index (κ1) is 16.2. The predicted molar refractivity (Wildman–Crippen MR) is 88.8 cm³/mol. The Balaban J connectivity index is 2.35. The largest absolute Gasteiger partial charge is 0.333 e. The number of nitrogens with one attached hydrogen (secondary N) is 1. The normalized spacial score (nSPS) is 13.3. The van der Waals surface area contributed by atoms with E-state index in [1.807, 2.05) is 12.5 Å². The molecular weight excluding hydrogens is 280 g/mol. The van der Waals surface area contributed by atoms with Crippen LogP contribution in [-0.4, -0.2) is 20.6 Å². The predicted octanol–water partition coefficient (Wildman–Crippen LogP) is 3.96. The summed E-state index contributed by atoms with van der Waals surface area (Å²) >= 11 is 1.74. The summed E-state index contributed by atoms with van der Waals surface area (Å²) in [5.41, 5.74) is 2.38. The summed E-state index contributed by atoms with van der Waals surface area (Å²) in [6.45, 7) is 11.9. The fraction of sp³-hybridized carbons (Fsp3) is 0.625. The summed E-state index contributed by atoms with van der Waals surface area (Å²) < 4.78 is 2.23. The molecule has 2 aromatic rings. The smallest absolute Gasteiger partial charge is 0.116 e. The maximum absolute atomic E-state index is 4.84. The third-order valence-corrected chi connectivity index (χ3v) is 4.31. The zero-order chi connectivity index (χ0) is 15.4. The van der Waals surface area contributed by atoms with Gasteiger partial charge in [-0.05, 0) is 26.2 Å². The van der Waals surface area contributed by atoms with Gasteiger partial charge in [0.1, 0.15) is 11.0 Å². The fourth-order valence-corrected chi connectivity index (χ4v) is 3.36. The van der Waals surface area contributed by atoms with Gasteiger partial charge in [0.05, 0.1) is 23.9 Å². The molecule has 2 aromatic heterocycles. The molecule has 2 heterocycles. The van der Waals surface area contributed by atoms with Gasteiger partial charge in [0.15, 0.2) is 0 Å². The Morgan fingerprint density at radius 1 is 1.29 bits per heavy atom. The molecular formula is C16H26N4S. The molecule has 5 heteroatoms. The Bertz CT molecular complexity index is 556. The number of nitrogens with zero attached hydrogens (tertiary/aromatic N) is 3. The number of hydrogen-bond donors (Lipinski definition) is 1. The van der Waals surface area contributed by atoms with Crippen LogP contribution in [-0.2, 0) is 6.54 Å². The first-order valence-electron chi connectivity index (χ1n) is 7.74. The van der Waals surface area contributed by atoms with E-state index < -0.39 is 0 Å². The van der Waals surface area contributed by atoms with E-state index in [2.05, 4.69) is 54.9 Å². The number of imidazole rings is 1. The van der Waals surface area contributed by atoms with Gasteiger partial charge in [-0.15, -0.1) is 11.3 Å². The van der Waals surface area contributed by atoms with Crippen molar-refractivity contribution in [3.63, 3.8) is 0 Å². The van der Waals surface area contributed by atoms with Crippen molar-refractivity contribution in [2.75, 3.05) is 0 Å². The molecule has 0 aromatic carbocycles. The van der Waals surface area contributed by atoms with E-state index in [1.54, 1.807) is 11.3 Å². The Morgan fingerprint density at radius 2 is 2.05 bits per heavy atom. The van der Waals surface area contributed by atoms with E-state index in [9.17, 15) is 0 Å². The number of thiazole rings is 1. The van der Waals surface area contributed by atoms with Gasteiger partial charge in [-0.3, -0.25) is 0 Å². The molecule has 0 amide bonds. The van der Waals surface area contributed by atoms with E-state index in [1.165, 1.54) is 11.4 Å². The Morgan fingerprint density at radius 3 is 2.62 bits per heavy atom. The second-order valence-electron chi connectivity index (χ2n) is 6.03. The lowest BCUT2D eigenvalue weighted by molar-refractivity contribution is 0.494. The van der Waals surface area contributed by atoms with Crippen LogP contribution in [0.4, 0.5) is 0 Å². The summed E-state index contributed by atoms with van der Waals surface area (Å²) in [4.78, 5) is 9.17. The topological polar surface area (TPSA) is 42.7 Å². The molecule has 0 bridgehead atoms. The number of aromatic nitrogens is 3. The van der Waals surface area contributed by atoms with Crippen LogP contribution >= 0.6 is 11.3 Å². The van der Waals surface area contributed by atoms with E-state index in [0.29, 0.717) is 12.0 Å². The van der Waals surface area contributed by atoms with Gasteiger partial charge in [0, 0.05) is 18.0 Å². The van der Waals surface area contributed by atoms with Crippen molar-refractivity contribution < 1.29 is 0 Å². The Hall–Kier alpha value is -1.20. The highest BCUT2D eigenvalue weighted by atomic mass is 32.1. The molecule has 0 spiro atoms. The molecule has 1 N–H and O–H groups in total. The van der Waals surface area contributed by atoms with Crippen molar-refractivity contribution in [1.29, 1.82) is 0 Å². The molecule has 0 aliphatic heterocycles. The van der Waals surface area contributed by atoms with E-state index in [-0.39, 0.29) is 6.04 Å². The van der Waals surface area contributed by atoms with Crippen LogP contribution < -0.4 is 5.32 Å². The minimum Gasteiger partial charge on any atom is -0.333 e. The lowest BCUT2D eigenvalue weighted by Gasteiger charge is -2.21. The van der Waals surface area contributed by atoms with Gasteiger partial charge < -0.3 is 9.88 Å². The highest BCUT2D eigenvalue weighted by molar-refractivity contribution is 7.09. The molecule has 0 saturated carbocycles. The molecule has 0 radical (unpaired) electrons. The second kappa shape index (κ2) is 7.18. The zero-order valence-corrected chi connectivity index (χ0v) is 14.4. The van der Waals surface area contributed by atoms with Gasteiger partial charge >= 0.3 is 0 Å². The maximum Gasteiger partial charge on any atom is 0.116 e. The van der Waals surface area contributed by atoms with Crippen molar-refractivity contribution in [3.05, 3.63) is 34.3 Å². The summed E-state index contributed by atoms with van der Waals surface area (Å²) in [6.07, 6.45) is 4.99. The minimum absolute atomic E-state index is 0.122. The number of hydrogen-bond acceptors (Lipinski definition) is 4. The van der Waals surface area contributed by atoms with Crippen LogP contribution in [0.3, 0.4) is 0 Å². The van der Waals surface area contributed by atoms with Crippen LogP contribution in [0.5, 0.6) is 0 Å². The molecule has 1 unspecified atom stereocenters. The summed E-state index contributed by atoms with van der Waals surface area (Å²) in [7, 11) is 0. The standard InChI is InChI=1S/C16H26N4S/c1-6-7-20-10-17-8-14(20)15(18-12(4)5)16-19-13(9-21-16)11(2)3/h8-12,15,18H,6-7H2,1-5H3. The van der Waals surface area contributed by atoms with Crippen LogP contribution in [0.15, 0.2) is 17.9 Å². The molecule has 116 valence electrons. The van der Waals surface area contributed by atoms with Crippen LogP contribution in [0, 0.1) is 0 Å². The maximum atomic E-state index is 4.84. The van der Waals surface area contributed by atoms with Gasteiger partial charge in [-0.2, -0.15) is 0 Å². The average molecular weight is 306 g/mol. The third kappa shape index (κ3) is 3.92. The Kier molecular flexibility index (Phi) is 5.53. The van der Waals surface area contributed by atoms with Crippen molar-refractivity contribution in [3.8, 4) is 0 Å². The van der Waals surface area contributed by atoms with E-state index in [4.69, 9.17) is 4.98 Å². The van der Waals surface area contributed by atoms with Crippen molar-refractivity contribution in [1.82, 2.24) is 19.9 Å². The first-order chi connectivity index (χ1) is 10.0. The summed E-state index contributed by atoms with van der Waals surface area (Å²) in [6, 6.07) is 0.517. The molecule has 0 saturated heterocycles. The van der Waals surface area contributed by atoms with Crippen molar-refractivity contribution in [2.24, 2.45) is 0 Å². The highest BCUT2D eigenvalue weighted by Crippen LogP contribution is 2.28. The van der Waals surface area contributed by atoms with Crippen molar-refractivity contribution >= 4 is 11.3 Å². The summed E-state index contributed by atoms with van der Waals surface area (Å²) in [5.74, 6) is 0.468. The van der Waals surface area contributed by atoms with Crippen LogP contribution in [0.25, 0.3) is 0 Å². The summed E-state index contributed by atoms with van der Waals surface area (Å²) in [5, 5.41) is 6.94. The van der Waals surface area contributed by atoms with Crippen LogP contribution in [0.1, 0.15) is 69.4 Å².